The molecule has 0 aromatic heterocycles. The van der Waals surface area contributed by atoms with Crippen LogP contribution in [0.15, 0.2) is 18.2 Å². The molecule has 0 spiro atoms. The first-order valence-electron chi connectivity index (χ1n) is 6.82. The smallest absolute Gasteiger partial charge is 0.244 e. The van der Waals surface area contributed by atoms with Crippen LogP contribution in [-0.4, -0.2) is 25.5 Å². The van der Waals surface area contributed by atoms with E-state index in [1.165, 1.54) is 11.1 Å². The van der Waals surface area contributed by atoms with E-state index in [9.17, 15) is 4.79 Å². The highest BCUT2D eigenvalue weighted by Gasteiger charge is 2.33. The lowest BCUT2D eigenvalue weighted by Gasteiger charge is -2.23. The SMILES string of the molecule is CCc1cccc(CC)c1N1CCC(NC)C1=O. The summed E-state index contributed by atoms with van der Waals surface area (Å²) in [5.74, 6) is 0.216. The third-order valence-electron chi connectivity index (χ3n) is 3.79. The lowest BCUT2D eigenvalue weighted by molar-refractivity contribution is -0.118. The van der Waals surface area contributed by atoms with E-state index in [1.54, 1.807) is 0 Å². The number of carbonyl (C=O) groups is 1. The molecule has 0 radical (unpaired) electrons. The van der Waals surface area contributed by atoms with Crippen molar-refractivity contribution in [2.24, 2.45) is 0 Å². The third-order valence-corrected chi connectivity index (χ3v) is 3.79. The van der Waals surface area contributed by atoms with Crippen molar-refractivity contribution in [2.75, 3.05) is 18.5 Å². The van der Waals surface area contributed by atoms with Gasteiger partial charge in [-0.2, -0.15) is 0 Å². The number of hydrogen-bond acceptors (Lipinski definition) is 2. The standard InChI is InChI=1S/C15H22N2O/c1-4-11-7-6-8-12(5-2)14(11)17-10-9-13(16-3)15(17)18/h6-8,13,16H,4-5,9-10H2,1-3H3. The molecule has 0 bridgehead atoms. The number of aryl methyl sites for hydroxylation is 2. The van der Waals surface area contributed by atoms with Gasteiger partial charge in [-0.15, -0.1) is 0 Å². The second kappa shape index (κ2) is 5.53. The van der Waals surface area contributed by atoms with Crippen molar-refractivity contribution in [1.29, 1.82) is 0 Å². The van der Waals surface area contributed by atoms with Crippen LogP contribution < -0.4 is 10.2 Å². The minimum atomic E-state index is -0.0142. The first-order valence-corrected chi connectivity index (χ1v) is 6.82. The molecule has 1 aliphatic rings. The molecule has 1 aromatic rings. The highest BCUT2D eigenvalue weighted by atomic mass is 16.2. The highest BCUT2D eigenvalue weighted by molar-refractivity contribution is 6.00. The van der Waals surface area contributed by atoms with Gasteiger partial charge in [-0.25, -0.2) is 0 Å². The summed E-state index contributed by atoms with van der Waals surface area (Å²) in [5.41, 5.74) is 3.71. The minimum absolute atomic E-state index is 0.0142. The summed E-state index contributed by atoms with van der Waals surface area (Å²) in [6.07, 6.45) is 2.84. The summed E-state index contributed by atoms with van der Waals surface area (Å²) in [4.78, 5) is 14.3. The summed E-state index contributed by atoms with van der Waals surface area (Å²) in [6, 6.07) is 6.35. The Bertz CT molecular complexity index is 420. The maximum absolute atomic E-state index is 12.3. The van der Waals surface area contributed by atoms with Crippen LogP contribution in [0.25, 0.3) is 0 Å². The number of amides is 1. The molecule has 1 aliphatic heterocycles. The molecule has 3 heteroatoms. The van der Waals surface area contributed by atoms with Crippen LogP contribution in [0.5, 0.6) is 0 Å². The van der Waals surface area contributed by atoms with E-state index in [0.29, 0.717) is 0 Å². The summed E-state index contributed by atoms with van der Waals surface area (Å²) in [7, 11) is 1.86. The van der Waals surface area contributed by atoms with E-state index in [4.69, 9.17) is 0 Å². The zero-order valence-electron chi connectivity index (χ0n) is 11.5. The summed E-state index contributed by atoms with van der Waals surface area (Å²) < 4.78 is 0. The van der Waals surface area contributed by atoms with E-state index < -0.39 is 0 Å². The molecule has 1 fully saturated rings. The van der Waals surface area contributed by atoms with Crippen molar-refractivity contribution in [3.05, 3.63) is 29.3 Å². The molecule has 1 N–H and O–H groups in total. The monoisotopic (exact) mass is 246 g/mol. The summed E-state index contributed by atoms with van der Waals surface area (Å²) in [5, 5.41) is 3.10. The molecule has 2 rings (SSSR count). The van der Waals surface area contributed by atoms with Crippen molar-refractivity contribution in [3.8, 4) is 0 Å². The van der Waals surface area contributed by atoms with Crippen molar-refractivity contribution >= 4 is 11.6 Å². The predicted octanol–water partition coefficient (Wildman–Crippen LogP) is 2.14. The van der Waals surface area contributed by atoms with Crippen LogP contribution in [0, 0.1) is 0 Å². The van der Waals surface area contributed by atoms with E-state index in [2.05, 4.69) is 37.4 Å². The number of nitrogens with zero attached hydrogens (tertiary/aromatic N) is 1. The summed E-state index contributed by atoms with van der Waals surface area (Å²) in [6.45, 7) is 5.12. The second-order valence-electron chi connectivity index (χ2n) is 4.75. The lowest BCUT2D eigenvalue weighted by atomic mass is 10.0. The van der Waals surface area contributed by atoms with Crippen molar-refractivity contribution in [2.45, 2.75) is 39.2 Å². The van der Waals surface area contributed by atoms with Gasteiger partial charge in [-0.3, -0.25) is 4.79 Å². The molecule has 0 saturated carbocycles. The molecule has 98 valence electrons. The van der Waals surface area contributed by atoms with Gasteiger partial charge < -0.3 is 10.2 Å². The predicted molar refractivity (Wildman–Crippen MR) is 75.0 cm³/mol. The van der Waals surface area contributed by atoms with E-state index in [1.807, 2.05) is 11.9 Å². The van der Waals surface area contributed by atoms with E-state index in [0.717, 1.165) is 31.5 Å². The molecule has 1 atom stereocenters. The fraction of sp³-hybridized carbons (Fsp3) is 0.533. The maximum atomic E-state index is 12.3. The molecule has 1 amide bonds. The first-order chi connectivity index (χ1) is 8.72. The normalized spacial score (nSPS) is 19.6. The van der Waals surface area contributed by atoms with Gasteiger partial charge in [-0.1, -0.05) is 32.0 Å². The molecule has 1 saturated heterocycles. The molecular formula is C15H22N2O. The Morgan fingerprint density at radius 2 is 1.89 bits per heavy atom. The number of para-hydroxylation sites is 1. The van der Waals surface area contributed by atoms with E-state index >= 15 is 0 Å². The Morgan fingerprint density at radius 1 is 1.28 bits per heavy atom. The Kier molecular flexibility index (Phi) is 4.02. The number of hydrogen-bond donors (Lipinski definition) is 1. The van der Waals surface area contributed by atoms with Crippen LogP contribution >= 0.6 is 0 Å². The van der Waals surface area contributed by atoms with Crippen molar-refractivity contribution in [3.63, 3.8) is 0 Å². The summed E-state index contributed by atoms with van der Waals surface area (Å²) >= 11 is 0. The van der Waals surface area contributed by atoms with Gasteiger partial charge in [0.1, 0.15) is 0 Å². The molecular weight excluding hydrogens is 224 g/mol. The largest absolute Gasteiger partial charge is 0.310 e. The molecule has 1 heterocycles. The molecule has 0 aliphatic carbocycles. The number of likely N-dealkylation sites (N-methyl/N-ethyl adjacent to an activating group) is 1. The van der Waals surface area contributed by atoms with Crippen molar-refractivity contribution < 1.29 is 4.79 Å². The van der Waals surface area contributed by atoms with Gasteiger partial charge in [0.25, 0.3) is 0 Å². The van der Waals surface area contributed by atoms with Crippen LogP contribution in [0.2, 0.25) is 0 Å². The Morgan fingerprint density at radius 3 is 2.33 bits per heavy atom. The quantitative estimate of drug-likeness (QED) is 0.882. The van der Waals surface area contributed by atoms with Crippen LogP contribution in [0.4, 0.5) is 5.69 Å². The van der Waals surface area contributed by atoms with Gasteiger partial charge in [0.05, 0.1) is 11.7 Å². The fourth-order valence-corrected chi connectivity index (χ4v) is 2.73. The van der Waals surface area contributed by atoms with Gasteiger partial charge in [0.15, 0.2) is 0 Å². The number of nitrogens with one attached hydrogen (secondary N) is 1. The van der Waals surface area contributed by atoms with E-state index in [-0.39, 0.29) is 11.9 Å². The number of anilines is 1. The van der Waals surface area contributed by atoms with Gasteiger partial charge in [0, 0.05) is 6.54 Å². The van der Waals surface area contributed by atoms with Crippen LogP contribution in [0.3, 0.4) is 0 Å². The average Bonchev–Trinajstić information content (AvgIpc) is 2.78. The van der Waals surface area contributed by atoms with Gasteiger partial charge in [-0.05, 0) is 37.4 Å². The highest BCUT2D eigenvalue weighted by Crippen LogP contribution is 2.30. The molecule has 18 heavy (non-hydrogen) atoms. The topological polar surface area (TPSA) is 32.3 Å². The zero-order chi connectivity index (χ0) is 13.1. The average molecular weight is 246 g/mol. The van der Waals surface area contributed by atoms with Gasteiger partial charge >= 0.3 is 0 Å². The number of benzene rings is 1. The third kappa shape index (κ3) is 2.15. The van der Waals surface area contributed by atoms with Crippen molar-refractivity contribution in [1.82, 2.24) is 5.32 Å². The number of rotatable bonds is 4. The first kappa shape index (κ1) is 13.1. The second-order valence-corrected chi connectivity index (χ2v) is 4.75. The Hall–Kier alpha value is -1.35. The minimum Gasteiger partial charge on any atom is -0.310 e. The number of carbonyl (C=O) groups excluding carboxylic acids is 1. The molecule has 3 nitrogen and oxygen atoms in total. The van der Waals surface area contributed by atoms with Crippen LogP contribution in [-0.2, 0) is 17.6 Å². The maximum Gasteiger partial charge on any atom is 0.244 e. The Labute approximate surface area is 109 Å². The molecule has 1 unspecified atom stereocenters. The Balaban J connectivity index is 2.41. The fourth-order valence-electron chi connectivity index (χ4n) is 2.73. The molecule has 1 aromatic carbocycles. The van der Waals surface area contributed by atoms with Gasteiger partial charge in [0.2, 0.25) is 5.91 Å². The van der Waals surface area contributed by atoms with Crippen LogP contribution in [0.1, 0.15) is 31.4 Å². The zero-order valence-corrected chi connectivity index (χ0v) is 11.5. The lowest BCUT2D eigenvalue weighted by Crippen LogP contribution is -2.37.